The molecule has 1 N–H and O–H groups in total. The molecule has 0 aliphatic carbocycles. The van der Waals surface area contributed by atoms with Crippen molar-refractivity contribution in [2.75, 3.05) is 6.54 Å². The molecule has 0 atom stereocenters. The van der Waals surface area contributed by atoms with Crippen molar-refractivity contribution in [3.05, 3.63) is 65.0 Å². The van der Waals surface area contributed by atoms with E-state index in [9.17, 15) is 18.0 Å². The van der Waals surface area contributed by atoms with Gasteiger partial charge in [0.2, 0.25) is 10.0 Å². The summed E-state index contributed by atoms with van der Waals surface area (Å²) in [6, 6.07) is 14.2. The molecule has 10 heteroatoms. The fraction of sp³-hybridized carbons (Fsp3) is 0.125. The number of carbonyl (C=O) groups excluding carboxylic acids is 1. The van der Waals surface area contributed by atoms with Crippen LogP contribution < -0.4 is 10.3 Å². The molecule has 3 rings (SSSR count). The molecule has 0 spiro atoms. The maximum atomic E-state index is 12.2. The highest BCUT2D eigenvalue weighted by molar-refractivity contribution is 7.89. The fourth-order valence-corrected chi connectivity index (χ4v) is 3.12. The van der Waals surface area contributed by atoms with Crippen LogP contribution >= 0.6 is 0 Å². The van der Waals surface area contributed by atoms with E-state index >= 15 is 0 Å². The largest absolute Gasteiger partial charge is 0.441 e. The van der Waals surface area contributed by atoms with Crippen molar-refractivity contribution >= 4 is 26.9 Å². The third-order valence-electron chi connectivity index (χ3n) is 3.44. The van der Waals surface area contributed by atoms with Crippen LogP contribution in [0.3, 0.4) is 0 Å². The van der Waals surface area contributed by atoms with Crippen molar-refractivity contribution in [1.29, 1.82) is 0 Å². The number of aromatic nitrogens is 3. The van der Waals surface area contributed by atoms with Gasteiger partial charge in [0.1, 0.15) is 12.1 Å². The van der Waals surface area contributed by atoms with Gasteiger partial charge in [0.25, 0.3) is 5.56 Å². The van der Waals surface area contributed by atoms with E-state index in [0.29, 0.717) is 10.9 Å². The van der Waals surface area contributed by atoms with Gasteiger partial charge in [0, 0.05) is 0 Å². The van der Waals surface area contributed by atoms with E-state index in [1.165, 1.54) is 12.1 Å². The van der Waals surface area contributed by atoms with Gasteiger partial charge in [-0.3, -0.25) is 9.59 Å². The van der Waals surface area contributed by atoms with Crippen molar-refractivity contribution in [2.24, 2.45) is 0 Å². The van der Waals surface area contributed by atoms with Crippen molar-refractivity contribution in [2.45, 2.75) is 11.6 Å². The van der Waals surface area contributed by atoms with Crippen LogP contribution in [0.5, 0.6) is 0 Å². The molecule has 0 bridgehead atoms. The van der Waals surface area contributed by atoms with Crippen LogP contribution in [0.2, 0.25) is 0 Å². The highest BCUT2D eigenvalue weighted by atomic mass is 32.2. The van der Waals surface area contributed by atoms with E-state index < -0.39 is 34.8 Å². The first-order valence-electron chi connectivity index (χ1n) is 7.50. The molecule has 2 aromatic carbocycles. The molecule has 0 amide bonds. The predicted octanol–water partition coefficient (Wildman–Crippen LogP) is 0.271. The molecule has 1 aromatic heterocycles. The van der Waals surface area contributed by atoms with E-state index in [1.54, 1.807) is 42.5 Å². The summed E-state index contributed by atoms with van der Waals surface area (Å²) in [5.41, 5.74) is -0.0380. The van der Waals surface area contributed by atoms with Crippen LogP contribution in [0.15, 0.2) is 64.3 Å². The van der Waals surface area contributed by atoms with Gasteiger partial charge in [0.05, 0.1) is 10.3 Å². The standard InChI is InChI=1S/C16H14N4O5S/c21-15(10-17-26(23,24)12-6-2-1-3-7-12)25-11-20-16(22)13-8-4-5-9-14(13)18-19-20/h1-9,17H,10-11H2. The molecule has 0 saturated carbocycles. The summed E-state index contributed by atoms with van der Waals surface area (Å²) in [6.07, 6.45) is 0. The van der Waals surface area contributed by atoms with E-state index in [1.807, 2.05) is 0 Å². The molecule has 0 unspecified atom stereocenters. The van der Waals surface area contributed by atoms with Crippen molar-refractivity contribution in [3.8, 4) is 0 Å². The summed E-state index contributed by atoms with van der Waals surface area (Å²) >= 11 is 0. The molecule has 1 heterocycles. The summed E-state index contributed by atoms with van der Waals surface area (Å²) < 4.78 is 31.9. The molecule has 134 valence electrons. The molecule has 0 aliphatic heterocycles. The Balaban J connectivity index is 1.61. The Morgan fingerprint density at radius 2 is 1.77 bits per heavy atom. The van der Waals surface area contributed by atoms with Gasteiger partial charge < -0.3 is 4.74 Å². The third kappa shape index (κ3) is 3.92. The number of sulfonamides is 1. The van der Waals surface area contributed by atoms with Crippen LogP contribution in [0.25, 0.3) is 10.9 Å². The highest BCUT2D eigenvalue weighted by Crippen LogP contribution is 2.06. The van der Waals surface area contributed by atoms with Crippen LogP contribution in [-0.4, -0.2) is 35.9 Å². The third-order valence-corrected chi connectivity index (χ3v) is 4.85. The van der Waals surface area contributed by atoms with Crippen molar-refractivity contribution in [3.63, 3.8) is 0 Å². The topological polar surface area (TPSA) is 120 Å². The number of nitrogens with one attached hydrogen (secondary N) is 1. The maximum absolute atomic E-state index is 12.2. The summed E-state index contributed by atoms with van der Waals surface area (Å²) in [5.74, 6) is -0.855. The smallest absolute Gasteiger partial charge is 0.322 e. The second kappa shape index (κ2) is 7.42. The van der Waals surface area contributed by atoms with Gasteiger partial charge in [-0.15, -0.1) is 5.10 Å². The quantitative estimate of drug-likeness (QED) is 0.615. The van der Waals surface area contributed by atoms with Gasteiger partial charge in [-0.05, 0) is 24.3 Å². The summed E-state index contributed by atoms with van der Waals surface area (Å²) in [4.78, 5) is 24.0. The zero-order valence-electron chi connectivity index (χ0n) is 13.4. The van der Waals surface area contributed by atoms with Crippen LogP contribution in [-0.2, 0) is 26.3 Å². The van der Waals surface area contributed by atoms with Gasteiger partial charge in [0.15, 0.2) is 6.73 Å². The fourth-order valence-electron chi connectivity index (χ4n) is 2.13. The van der Waals surface area contributed by atoms with E-state index in [0.717, 1.165) is 4.68 Å². The average Bonchev–Trinajstić information content (AvgIpc) is 2.67. The minimum absolute atomic E-state index is 0.0319. The number of benzene rings is 2. The Hall–Kier alpha value is -3.11. The van der Waals surface area contributed by atoms with Crippen LogP contribution in [0, 0.1) is 0 Å². The number of rotatable bonds is 6. The minimum Gasteiger partial charge on any atom is -0.441 e. The van der Waals surface area contributed by atoms with E-state index in [-0.39, 0.29) is 4.90 Å². The van der Waals surface area contributed by atoms with Gasteiger partial charge in [-0.1, -0.05) is 35.5 Å². The van der Waals surface area contributed by atoms with E-state index in [4.69, 9.17) is 4.74 Å². The summed E-state index contributed by atoms with van der Waals surface area (Å²) in [5, 5.41) is 7.86. The first-order valence-corrected chi connectivity index (χ1v) is 8.98. The Kier molecular flexibility index (Phi) is 5.05. The van der Waals surface area contributed by atoms with Crippen LogP contribution in [0.4, 0.5) is 0 Å². The van der Waals surface area contributed by atoms with E-state index in [2.05, 4.69) is 15.0 Å². The first-order chi connectivity index (χ1) is 12.5. The zero-order valence-corrected chi connectivity index (χ0v) is 14.2. The number of esters is 1. The molecule has 0 aliphatic rings. The van der Waals surface area contributed by atoms with Crippen LogP contribution in [0.1, 0.15) is 0 Å². The number of carbonyl (C=O) groups is 1. The summed E-state index contributed by atoms with van der Waals surface area (Å²) in [6.45, 7) is -1.05. The number of hydrogen-bond donors (Lipinski definition) is 1. The number of hydrogen-bond acceptors (Lipinski definition) is 7. The maximum Gasteiger partial charge on any atom is 0.322 e. The second-order valence-electron chi connectivity index (χ2n) is 5.19. The monoisotopic (exact) mass is 374 g/mol. The molecule has 0 saturated heterocycles. The number of nitrogens with zero attached hydrogens (tertiary/aromatic N) is 3. The Labute approximate surface area is 148 Å². The second-order valence-corrected chi connectivity index (χ2v) is 6.96. The highest BCUT2D eigenvalue weighted by Gasteiger charge is 2.16. The van der Waals surface area contributed by atoms with Gasteiger partial charge in [-0.2, -0.15) is 9.40 Å². The Bertz CT molecular complexity index is 1100. The number of ether oxygens (including phenoxy) is 1. The lowest BCUT2D eigenvalue weighted by Crippen LogP contribution is -2.32. The predicted molar refractivity (Wildman–Crippen MR) is 91.5 cm³/mol. The SMILES string of the molecule is O=C(CNS(=O)(=O)c1ccccc1)OCn1nnc2ccccc2c1=O. The lowest BCUT2D eigenvalue weighted by Gasteiger charge is -2.08. The minimum atomic E-state index is -3.82. The molecule has 3 aromatic rings. The molecule has 26 heavy (non-hydrogen) atoms. The Morgan fingerprint density at radius 3 is 2.54 bits per heavy atom. The molecule has 0 radical (unpaired) electrons. The first kappa shape index (κ1) is 17.7. The Morgan fingerprint density at radius 1 is 1.08 bits per heavy atom. The summed E-state index contributed by atoms with van der Waals surface area (Å²) in [7, 11) is -3.82. The lowest BCUT2D eigenvalue weighted by molar-refractivity contribution is -0.146. The molecule has 9 nitrogen and oxygen atoms in total. The normalized spacial score (nSPS) is 11.4. The molecular formula is C16H14N4O5S. The van der Waals surface area contributed by atoms with Crippen molar-refractivity contribution < 1.29 is 17.9 Å². The van der Waals surface area contributed by atoms with Gasteiger partial charge >= 0.3 is 5.97 Å². The number of fused-ring (bicyclic) bond motifs is 1. The average molecular weight is 374 g/mol. The van der Waals surface area contributed by atoms with Crippen molar-refractivity contribution in [1.82, 2.24) is 19.7 Å². The lowest BCUT2D eigenvalue weighted by atomic mass is 10.2. The van der Waals surface area contributed by atoms with Gasteiger partial charge in [-0.25, -0.2) is 8.42 Å². The zero-order chi connectivity index (χ0) is 18.6. The molecule has 0 fully saturated rings. The molecular weight excluding hydrogens is 360 g/mol.